The maximum Gasteiger partial charge on any atom is 0.292 e. The number of thioether (sulfide) groups is 1. The van der Waals surface area contributed by atoms with E-state index in [1.54, 1.807) is 17.7 Å². The molecule has 0 atom stereocenters. The maximum atomic E-state index is 12.3. The molecule has 2 N–H and O–H groups in total. The summed E-state index contributed by atoms with van der Waals surface area (Å²) in [6.45, 7) is 0.00793. The van der Waals surface area contributed by atoms with Gasteiger partial charge in [0.2, 0.25) is 5.91 Å². The second kappa shape index (κ2) is 10.3. The molecule has 0 fully saturated rings. The van der Waals surface area contributed by atoms with Crippen LogP contribution in [0.3, 0.4) is 0 Å². The van der Waals surface area contributed by atoms with Crippen LogP contribution in [0.1, 0.15) is 16.2 Å². The number of rotatable bonds is 9. The van der Waals surface area contributed by atoms with E-state index in [4.69, 9.17) is 0 Å². The van der Waals surface area contributed by atoms with Gasteiger partial charge in [-0.1, -0.05) is 30.0 Å². The molecule has 0 saturated carbocycles. The minimum atomic E-state index is -0.588. The van der Waals surface area contributed by atoms with Crippen molar-refractivity contribution in [1.29, 1.82) is 0 Å². The van der Waals surface area contributed by atoms with Crippen molar-refractivity contribution >= 4 is 40.6 Å². The number of non-ortho nitro benzene ring substituents is 1. The molecule has 0 bridgehead atoms. The lowest BCUT2D eigenvalue weighted by molar-refractivity contribution is -0.384. The normalized spacial score (nSPS) is 10.5. The molecule has 170 valence electrons. The summed E-state index contributed by atoms with van der Waals surface area (Å²) in [5, 5.41) is 35.4. The van der Waals surface area contributed by atoms with Gasteiger partial charge in [-0.3, -0.25) is 29.8 Å². The Balaban J connectivity index is 1.56. The van der Waals surface area contributed by atoms with Crippen LogP contribution in [0.15, 0.2) is 53.7 Å². The summed E-state index contributed by atoms with van der Waals surface area (Å²) in [4.78, 5) is 45.2. The fourth-order valence-corrected chi connectivity index (χ4v) is 3.43. The molecule has 3 rings (SSSR count). The molecule has 13 nitrogen and oxygen atoms in total. The molecule has 1 aromatic heterocycles. The van der Waals surface area contributed by atoms with Crippen LogP contribution in [0.4, 0.5) is 17.1 Å². The third-order valence-corrected chi connectivity index (χ3v) is 5.38. The first-order valence-electron chi connectivity index (χ1n) is 9.33. The number of aromatic nitrogens is 3. The molecule has 0 aliphatic carbocycles. The molecule has 0 unspecified atom stereocenters. The summed E-state index contributed by atoms with van der Waals surface area (Å²) in [6, 6.07) is 11.1. The summed E-state index contributed by atoms with van der Waals surface area (Å²) in [5.74, 6) is -0.647. The van der Waals surface area contributed by atoms with E-state index in [1.807, 2.05) is 0 Å². The van der Waals surface area contributed by atoms with Crippen LogP contribution in [0.5, 0.6) is 0 Å². The molecule has 0 spiro atoms. The van der Waals surface area contributed by atoms with E-state index in [0.717, 1.165) is 11.8 Å². The first-order valence-corrected chi connectivity index (χ1v) is 10.3. The van der Waals surface area contributed by atoms with Crippen LogP contribution >= 0.6 is 11.8 Å². The largest absolute Gasteiger partial charge is 0.345 e. The van der Waals surface area contributed by atoms with E-state index in [1.165, 1.54) is 42.5 Å². The second-order valence-corrected chi connectivity index (χ2v) is 7.50. The number of carbonyl (C=O) groups is 2. The number of nitro benzene ring substituents is 2. The molecule has 2 aromatic carbocycles. The number of nitrogens with one attached hydrogen (secondary N) is 2. The van der Waals surface area contributed by atoms with Crippen molar-refractivity contribution in [3.8, 4) is 0 Å². The molecule has 14 heteroatoms. The standard InChI is InChI=1S/C19H17N7O6S/c1-24-16(10-20-18(28)12-5-4-6-13(9-12)25(29)30)22-23-19(24)33-11-17(27)21-14-7-2-3-8-15(14)26(31)32/h2-9H,10-11H2,1H3,(H,20,28)(H,21,27). The highest BCUT2D eigenvalue weighted by molar-refractivity contribution is 7.99. The Hall–Kier alpha value is -4.33. The average Bonchev–Trinajstić information content (AvgIpc) is 3.15. The number of nitrogens with zero attached hydrogens (tertiary/aromatic N) is 5. The van der Waals surface area contributed by atoms with Gasteiger partial charge in [0, 0.05) is 30.8 Å². The predicted molar refractivity (Wildman–Crippen MR) is 118 cm³/mol. The highest BCUT2D eigenvalue weighted by Crippen LogP contribution is 2.24. The van der Waals surface area contributed by atoms with Gasteiger partial charge >= 0.3 is 0 Å². The van der Waals surface area contributed by atoms with Crippen molar-refractivity contribution in [2.75, 3.05) is 11.1 Å². The Kier molecular flexibility index (Phi) is 7.30. The van der Waals surface area contributed by atoms with Crippen LogP contribution in [0, 0.1) is 20.2 Å². The topological polar surface area (TPSA) is 175 Å². The van der Waals surface area contributed by atoms with Gasteiger partial charge in [0.25, 0.3) is 17.3 Å². The predicted octanol–water partition coefficient (Wildman–Crippen LogP) is 2.29. The Morgan fingerprint density at radius 1 is 1.06 bits per heavy atom. The highest BCUT2D eigenvalue weighted by atomic mass is 32.2. The van der Waals surface area contributed by atoms with E-state index in [0.29, 0.717) is 11.0 Å². The van der Waals surface area contributed by atoms with E-state index < -0.39 is 21.7 Å². The van der Waals surface area contributed by atoms with Crippen LogP contribution < -0.4 is 10.6 Å². The Labute approximate surface area is 190 Å². The van der Waals surface area contributed by atoms with Crippen LogP contribution in [-0.2, 0) is 18.4 Å². The minimum Gasteiger partial charge on any atom is -0.345 e. The molecule has 0 radical (unpaired) electrons. The number of benzene rings is 2. The number of para-hydroxylation sites is 2. The van der Waals surface area contributed by atoms with E-state index in [2.05, 4.69) is 20.8 Å². The lowest BCUT2D eigenvalue weighted by atomic mass is 10.2. The number of amides is 2. The minimum absolute atomic E-state index is 0.00793. The zero-order chi connectivity index (χ0) is 24.0. The summed E-state index contributed by atoms with van der Waals surface area (Å²) >= 11 is 1.07. The number of anilines is 1. The zero-order valence-corrected chi connectivity index (χ0v) is 17.9. The van der Waals surface area contributed by atoms with Crippen LogP contribution in [0.25, 0.3) is 0 Å². The molecule has 33 heavy (non-hydrogen) atoms. The molecular formula is C19H17N7O6S. The quantitative estimate of drug-likeness (QED) is 0.269. The van der Waals surface area contributed by atoms with E-state index in [9.17, 15) is 29.8 Å². The molecule has 0 aliphatic rings. The first kappa shape index (κ1) is 23.3. The van der Waals surface area contributed by atoms with Crippen LogP contribution in [0.2, 0.25) is 0 Å². The summed E-state index contributed by atoms with van der Waals surface area (Å²) < 4.78 is 1.58. The van der Waals surface area contributed by atoms with Crippen molar-refractivity contribution in [2.24, 2.45) is 7.05 Å². The van der Waals surface area contributed by atoms with Gasteiger partial charge in [0.05, 0.1) is 22.1 Å². The lowest BCUT2D eigenvalue weighted by Gasteiger charge is -2.07. The highest BCUT2D eigenvalue weighted by Gasteiger charge is 2.17. The fourth-order valence-electron chi connectivity index (χ4n) is 2.70. The molecule has 3 aromatic rings. The Bertz CT molecular complexity index is 1230. The molecule has 2 amide bonds. The number of hydrogen-bond acceptors (Lipinski definition) is 9. The smallest absolute Gasteiger partial charge is 0.292 e. The van der Waals surface area contributed by atoms with Crippen molar-refractivity contribution in [3.63, 3.8) is 0 Å². The van der Waals surface area contributed by atoms with Gasteiger partial charge in [-0.05, 0) is 12.1 Å². The third kappa shape index (κ3) is 5.88. The molecule has 0 saturated heterocycles. The SMILES string of the molecule is Cn1c(CNC(=O)c2cccc([N+](=O)[O-])c2)nnc1SCC(=O)Nc1ccccc1[N+](=O)[O-]. The van der Waals surface area contributed by atoms with Crippen molar-refractivity contribution in [3.05, 3.63) is 80.1 Å². The summed E-state index contributed by atoms with van der Waals surface area (Å²) in [7, 11) is 1.65. The summed E-state index contributed by atoms with van der Waals surface area (Å²) in [5.41, 5.74) is -0.182. The van der Waals surface area contributed by atoms with Crippen molar-refractivity contribution in [2.45, 2.75) is 11.7 Å². The van der Waals surface area contributed by atoms with Gasteiger partial charge in [-0.15, -0.1) is 10.2 Å². The first-order chi connectivity index (χ1) is 15.8. The van der Waals surface area contributed by atoms with Crippen molar-refractivity contribution in [1.82, 2.24) is 20.1 Å². The van der Waals surface area contributed by atoms with Crippen molar-refractivity contribution < 1.29 is 19.4 Å². The maximum absolute atomic E-state index is 12.3. The lowest BCUT2D eigenvalue weighted by Crippen LogP contribution is -2.24. The zero-order valence-electron chi connectivity index (χ0n) is 17.1. The number of nitro groups is 2. The van der Waals surface area contributed by atoms with Gasteiger partial charge in [0.1, 0.15) is 5.69 Å². The molecular weight excluding hydrogens is 454 g/mol. The average molecular weight is 471 g/mol. The fraction of sp³-hybridized carbons (Fsp3) is 0.158. The van der Waals surface area contributed by atoms with Gasteiger partial charge in [0.15, 0.2) is 11.0 Å². The Morgan fingerprint density at radius 2 is 1.82 bits per heavy atom. The molecule has 0 aliphatic heterocycles. The number of carbonyl (C=O) groups excluding carboxylic acids is 2. The van der Waals surface area contributed by atoms with E-state index >= 15 is 0 Å². The second-order valence-electron chi connectivity index (χ2n) is 6.56. The van der Waals surface area contributed by atoms with Crippen LogP contribution in [-0.4, -0.2) is 42.2 Å². The van der Waals surface area contributed by atoms with Gasteiger partial charge < -0.3 is 15.2 Å². The van der Waals surface area contributed by atoms with Gasteiger partial charge in [-0.2, -0.15) is 0 Å². The Morgan fingerprint density at radius 3 is 2.55 bits per heavy atom. The number of hydrogen-bond donors (Lipinski definition) is 2. The van der Waals surface area contributed by atoms with E-state index in [-0.39, 0.29) is 34.9 Å². The monoisotopic (exact) mass is 471 g/mol. The molecule has 1 heterocycles. The summed E-state index contributed by atoms with van der Waals surface area (Å²) in [6.07, 6.45) is 0. The third-order valence-electron chi connectivity index (χ3n) is 4.36. The van der Waals surface area contributed by atoms with Gasteiger partial charge in [-0.25, -0.2) is 0 Å².